The van der Waals surface area contributed by atoms with Crippen molar-refractivity contribution >= 4 is 21.8 Å². The maximum atomic E-state index is 12.4. The van der Waals surface area contributed by atoms with Crippen molar-refractivity contribution in [1.29, 1.82) is 0 Å². The number of amidine groups is 1. The SMILES string of the molecule is CC(C)c1ccc(-c2noc(COC(=O)[C@H](C)N=C3NS(=O)(=O)c4ccccc43)n2)cc1. The maximum Gasteiger partial charge on any atom is 0.331 e. The smallest absolute Gasteiger partial charge is 0.331 e. The summed E-state index contributed by atoms with van der Waals surface area (Å²) in [5, 5.41) is 3.93. The number of fused-ring (bicyclic) bond motifs is 1. The first kappa shape index (κ1) is 21.7. The number of carbonyl (C=O) groups excluding carboxylic acids is 1. The Morgan fingerprint density at radius 1 is 1.12 bits per heavy atom. The van der Waals surface area contributed by atoms with E-state index in [0.29, 0.717) is 17.3 Å². The van der Waals surface area contributed by atoms with Crippen LogP contribution in [0, 0.1) is 0 Å². The van der Waals surface area contributed by atoms with Gasteiger partial charge in [0.1, 0.15) is 11.9 Å². The minimum atomic E-state index is -3.68. The number of sulfonamides is 1. The highest BCUT2D eigenvalue weighted by atomic mass is 32.2. The molecule has 9 nitrogen and oxygen atoms in total. The molecule has 3 aromatic rings. The highest BCUT2D eigenvalue weighted by Gasteiger charge is 2.31. The van der Waals surface area contributed by atoms with Crippen molar-refractivity contribution in [3.63, 3.8) is 0 Å². The molecule has 4 rings (SSSR count). The Balaban J connectivity index is 1.40. The molecule has 1 aliphatic rings. The van der Waals surface area contributed by atoms with Crippen LogP contribution in [0.5, 0.6) is 0 Å². The van der Waals surface area contributed by atoms with Crippen molar-refractivity contribution in [2.45, 2.75) is 44.2 Å². The molecule has 1 aliphatic heterocycles. The van der Waals surface area contributed by atoms with Crippen LogP contribution in [-0.4, -0.2) is 36.4 Å². The van der Waals surface area contributed by atoms with Crippen LogP contribution in [0.4, 0.5) is 0 Å². The molecule has 0 saturated carbocycles. The van der Waals surface area contributed by atoms with Gasteiger partial charge in [0.05, 0.1) is 4.90 Å². The molecule has 1 aromatic heterocycles. The quantitative estimate of drug-likeness (QED) is 0.568. The Morgan fingerprint density at radius 2 is 1.84 bits per heavy atom. The number of aromatic nitrogens is 2. The Kier molecular flexibility index (Phi) is 5.79. The number of rotatable bonds is 6. The molecule has 0 fully saturated rings. The lowest BCUT2D eigenvalue weighted by Crippen LogP contribution is -2.26. The summed E-state index contributed by atoms with van der Waals surface area (Å²) in [5.41, 5.74) is 2.41. The third-order valence-corrected chi connectivity index (χ3v) is 6.37. The fourth-order valence-corrected chi connectivity index (χ4v) is 4.42. The van der Waals surface area contributed by atoms with Gasteiger partial charge < -0.3 is 9.26 Å². The van der Waals surface area contributed by atoms with Gasteiger partial charge in [0, 0.05) is 11.1 Å². The molecule has 0 bridgehead atoms. The summed E-state index contributed by atoms with van der Waals surface area (Å²) in [4.78, 5) is 20.9. The van der Waals surface area contributed by atoms with Crippen LogP contribution in [0.2, 0.25) is 0 Å². The average molecular weight is 455 g/mol. The van der Waals surface area contributed by atoms with E-state index in [4.69, 9.17) is 9.26 Å². The van der Waals surface area contributed by atoms with Gasteiger partial charge in [-0.1, -0.05) is 55.4 Å². The molecular formula is C22H22N4O5S. The van der Waals surface area contributed by atoms with Crippen LogP contribution >= 0.6 is 0 Å². The molecule has 0 amide bonds. The monoisotopic (exact) mass is 454 g/mol. The summed E-state index contributed by atoms with van der Waals surface area (Å²) in [6, 6.07) is 13.3. The normalized spacial score (nSPS) is 16.6. The van der Waals surface area contributed by atoms with Crippen LogP contribution in [-0.2, 0) is 26.2 Å². The molecule has 0 unspecified atom stereocenters. The van der Waals surface area contributed by atoms with E-state index in [1.54, 1.807) is 18.2 Å². The van der Waals surface area contributed by atoms with E-state index >= 15 is 0 Å². The van der Waals surface area contributed by atoms with Gasteiger partial charge >= 0.3 is 5.97 Å². The number of esters is 1. The number of aliphatic imine (C=N–C) groups is 1. The second-order valence-corrected chi connectivity index (χ2v) is 9.30. The van der Waals surface area contributed by atoms with Crippen LogP contribution in [0.1, 0.15) is 43.7 Å². The largest absolute Gasteiger partial charge is 0.454 e. The molecule has 1 N–H and O–H groups in total. The number of ether oxygens (including phenoxy) is 1. The van der Waals surface area contributed by atoms with E-state index in [1.165, 1.54) is 18.6 Å². The Labute approximate surface area is 185 Å². The molecule has 2 heterocycles. The first-order valence-electron chi connectivity index (χ1n) is 10.0. The fraction of sp³-hybridized carbons (Fsp3) is 0.273. The minimum Gasteiger partial charge on any atom is -0.454 e. The zero-order valence-electron chi connectivity index (χ0n) is 17.8. The number of nitrogens with one attached hydrogen (secondary N) is 1. The van der Waals surface area contributed by atoms with Crippen molar-refractivity contribution in [2.75, 3.05) is 0 Å². The second-order valence-electron chi connectivity index (χ2n) is 7.65. The van der Waals surface area contributed by atoms with Crippen molar-refractivity contribution in [1.82, 2.24) is 14.9 Å². The number of nitrogens with zero attached hydrogens (tertiary/aromatic N) is 3. The number of carbonyl (C=O) groups is 1. The first-order valence-corrected chi connectivity index (χ1v) is 11.5. The lowest BCUT2D eigenvalue weighted by Gasteiger charge is -2.07. The molecule has 0 saturated heterocycles. The van der Waals surface area contributed by atoms with E-state index in [-0.39, 0.29) is 23.2 Å². The molecule has 32 heavy (non-hydrogen) atoms. The first-order chi connectivity index (χ1) is 15.2. The minimum absolute atomic E-state index is 0.106. The van der Waals surface area contributed by atoms with E-state index in [9.17, 15) is 13.2 Å². The van der Waals surface area contributed by atoms with Crippen molar-refractivity contribution in [2.24, 2.45) is 4.99 Å². The summed E-state index contributed by atoms with van der Waals surface area (Å²) < 4.78 is 37.1. The number of benzene rings is 2. The van der Waals surface area contributed by atoms with Crippen molar-refractivity contribution in [3.05, 3.63) is 65.5 Å². The summed E-state index contributed by atoms with van der Waals surface area (Å²) in [6.07, 6.45) is 0. The summed E-state index contributed by atoms with van der Waals surface area (Å²) >= 11 is 0. The van der Waals surface area contributed by atoms with E-state index in [0.717, 1.165) is 5.56 Å². The zero-order valence-corrected chi connectivity index (χ0v) is 18.6. The topological polar surface area (TPSA) is 124 Å². The van der Waals surface area contributed by atoms with E-state index < -0.39 is 22.0 Å². The van der Waals surface area contributed by atoms with Gasteiger partial charge in [-0.2, -0.15) is 4.98 Å². The van der Waals surface area contributed by atoms with Gasteiger partial charge in [-0.25, -0.2) is 13.2 Å². The van der Waals surface area contributed by atoms with Crippen molar-refractivity contribution < 1.29 is 22.5 Å². The molecule has 1 atom stereocenters. The number of hydrogen-bond acceptors (Lipinski definition) is 8. The summed E-state index contributed by atoms with van der Waals surface area (Å²) in [7, 11) is -3.68. The molecular weight excluding hydrogens is 432 g/mol. The van der Waals surface area contributed by atoms with E-state index in [2.05, 4.69) is 33.7 Å². The average Bonchev–Trinajstić information content (AvgIpc) is 3.35. The standard InChI is InChI=1S/C22H22N4O5S/c1-13(2)15-8-10-16(11-9-15)20-24-19(31-25-20)12-30-22(27)14(3)23-21-17-6-4-5-7-18(17)32(28,29)26-21/h4-11,13-14H,12H2,1-3H3,(H,23,26)/t14-/m0/s1. The molecule has 0 radical (unpaired) electrons. The predicted octanol–water partition coefficient (Wildman–Crippen LogP) is 3.03. The lowest BCUT2D eigenvalue weighted by molar-refractivity contribution is -0.146. The fourth-order valence-electron chi connectivity index (χ4n) is 3.18. The summed E-state index contributed by atoms with van der Waals surface area (Å²) in [6.45, 7) is 5.53. The third-order valence-electron chi connectivity index (χ3n) is 4.97. The predicted molar refractivity (Wildman–Crippen MR) is 116 cm³/mol. The molecule has 10 heteroatoms. The van der Waals surface area contributed by atoms with Crippen LogP contribution in [0.15, 0.2) is 62.9 Å². The van der Waals surface area contributed by atoms with Gasteiger partial charge in [-0.15, -0.1) is 0 Å². The van der Waals surface area contributed by atoms with Gasteiger partial charge in [0.2, 0.25) is 5.82 Å². The molecule has 0 aliphatic carbocycles. The van der Waals surface area contributed by atoms with Gasteiger partial charge in [-0.3, -0.25) is 9.71 Å². The maximum absolute atomic E-state index is 12.4. The zero-order chi connectivity index (χ0) is 22.9. The van der Waals surface area contributed by atoms with Gasteiger partial charge in [0.25, 0.3) is 15.9 Å². The van der Waals surface area contributed by atoms with Crippen LogP contribution in [0.3, 0.4) is 0 Å². The van der Waals surface area contributed by atoms with Gasteiger partial charge in [0.15, 0.2) is 6.61 Å². The van der Waals surface area contributed by atoms with Crippen molar-refractivity contribution in [3.8, 4) is 11.4 Å². The molecule has 2 aromatic carbocycles. The second kappa shape index (κ2) is 8.54. The molecule has 166 valence electrons. The highest BCUT2D eigenvalue weighted by Crippen LogP contribution is 2.23. The highest BCUT2D eigenvalue weighted by molar-refractivity contribution is 7.90. The Hall–Kier alpha value is -3.53. The van der Waals surface area contributed by atoms with Crippen LogP contribution in [0.25, 0.3) is 11.4 Å². The van der Waals surface area contributed by atoms with E-state index in [1.807, 2.05) is 24.3 Å². The van der Waals surface area contributed by atoms with Crippen LogP contribution < -0.4 is 4.72 Å². The Morgan fingerprint density at radius 3 is 2.56 bits per heavy atom. The Bertz CT molecular complexity index is 1280. The number of hydrogen-bond donors (Lipinski definition) is 1. The third kappa shape index (κ3) is 4.40. The van der Waals surface area contributed by atoms with Gasteiger partial charge in [-0.05, 0) is 30.5 Å². The lowest BCUT2D eigenvalue weighted by atomic mass is 10.0. The molecule has 0 spiro atoms. The summed E-state index contributed by atoms with van der Waals surface area (Å²) in [5.74, 6) is 0.421.